The monoisotopic (exact) mass is 396 g/mol. The first-order valence-corrected chi connectivity index (χ1v) is 9.63. The molecule has 2 amide bonds. The van der Waals surface area contributed by atoms with Crippen molar-refractivity contribution in [2.24, 2.45) is 0 Å². The summed E-state index contributed by atoms with van der Waals surface area (Å²) in [6.45, 7) is 4.67. The Morgan fingerprint density at radius 3 is 2.75 bits per heavy atom. The van der Waals surface area contributed by atoms with E-state index >= 15 is 0 Å². The number of carbonyl (C=O) groups is 1. The predicted octanol–water partition coefficient (Wildman–Crippen LogP) is 5.38. The van der Waals surface area contributed by atoms with Crippen LogP contribution in [0.15, 0.2) is 47.0 Å². The van der Waals surface area contributed by atoms with Crippen LogP contribution in [0, 0.1) is 13.8 Å². The van der Waals surface area contributed by atoms with E-state index in [2.05, 4.69) is 15.5 Å². The molecule has 6 nitrogen and oxygen atoms in total. The Balaban J connectivity index is 1.52. The number of aromatic nitrogens is 2. The second-order valence-electron chi connectivity index (χ2n) is 7.06. The molecule has 1 aromatic heterocycles. The molecule has 1 N–H and O–H groups in total. The normalized spacial score (nSPS) is 16.4. The van der Waals surface area contributed by atoms with Crippen LogP contribution in [0.1, 0.15) is 35.9 Å². The summed E-state index contributed by atoms with van der Waals surface area (Å²) in [7, 11) is 0. The van der Waals surface area contributed by atoms with Gasteiger partial charge in [0.15, 0.2) is 0 Å². The van der Waals surface area contributed by atoms with Crippen molar-refractivity contribution >= 4 is 23.3 Å². The third-order valence-corrected chi connectivity index (χ3v) is 5.22. The highest BCUT2D eigenvalue weighted by molar-refractivity contribution is 6.30. The summed E-state index contributed by atoms with van der Waals surface area (Å²) >= 11 is 5.93. The van der Waals surface area contributed by atoms with Gasteiger partial charge in [-0.05, 0) is 62.6 Å². The van der Waals surface area contributed by atoms with Crippen molar-refractivity contribution in [1.82, 2.24) is 15.0 Å². The van der Waals surface area contributed by atoms with Crippen LogP contribution in [-0.2, 0) is 0 Å². The molecule has 7 heteroatoms. The number of aryl methyl sites for hydroxylation is 2. The predicted molar refractivity (Wildman–Crippen MR) is 108 cm³/mol. The number of rotatable bonds is 3. The van der Waals surface area contributed by atoms with E-state index in [1.165, 1.54) is 0 Å². The minimum absolute atomic E-state index is 0.152. The number of nitrogens with one attached hydrogen (secondary N) is 1. The molecule has 0 bridgehead atoms. The molecule has 0 spiro atoms. The fourth-order valence-electron chi connectivity index (χ4n) is 3.49. The second kappa shape index (κ2) is 7.64. The number of nitrogens with zero attached hydrogens (tertiary/aromatic N) is 3. The van der Waals surface area contributed by atoms with E-state index in [9.17, 15) is 4.79 Å². The third kappa shape index (κ3) is 3.73. The van der Waals surface area contributed by atoms with Crippen molar-refractivity contribution in [3.8, 4) is 11.4 Å². The van der Waals surface area contributed by atoms with Gasteiger partial charge in [0, 0.05) is 22.8 Å². The minimum Gasteiger partial charge on any atom is -0.337 e. The van der Waals surface area contributed by atoms with E-state index < -0.39 is 0 Å². The molecule has 0 aliphatic carbocycles. The zero-order valence-electron chi connectivity index (χ0n) is 15.8. The van der Waals surface area contributed by atoms with Crippen LogP contribution < -0.4 is 5.32 Å². The lowest BCUT2D eigenvalue weighted by atomic mass is 10.1. The second-order valence-corrected chi connectivity index (χ2v) is 7.50. The first-order valence-electron chi connectivity index (χ1n) is 9.25. The first kappa shape index (κ1) is 18.5. The number of hydrogen-bond acceptors (Lipinski definition) is 4. The molecule has 4 rings (SSSR count). The van der Waals surface area contributed by atoms with Crippen LogP contribution in [-0.4, -0.2) is 27.6 Å². The lowest BCUT2D eigenvalue weighted by molar-refractivity contribution is 0.193. The van der Waals surface area contributed by atoms with Gasteiger partial charge in [-0.1, -0.05) is 34.5 Å². The van der Waals surface area contributed by atoms with Crippen LogP contribution >= 0.6 is 11.6 Å². The van der Waals surface area contributed by atoms with E-state index in [-0.39, 0.29) is 12.1 Å². The van der Waals surface area contributed by atoms with Crippen molar-refractivity contribution in [2.75, 3.05) is 11.9 Å². The average Bonchev–Trinajstić information content (AvgIpc) is 3.33. The van der Waals surface area contributed by atoms with Crippen molar-refractivity contribution in [3.05, 3.63) is 64.5 Å². The van der Waals surface area contributed by atoms with Gasteiger partial charge in [-0.2, -0.15) is 4.98 Å². The molecule has 0 radical (unpaired) electrons. The highest BCUT2D eigenvalue weighted by Gasteiger charge is 2.34. The van der Waals surface area contributed by atoms with E-state index in [0.29, 0.717) is 23.3 Å². The summed E-state index contributed by atoms with van der Waals surface area (Å²) < 4.78 is 5.49. The Morgan fingerprint density at radius 1 is 1.21 bits per heavy atom. The maximum atomic E-state index is 12.9. The van der Waals surface area contributed by atoms with Crippen LogP contribution in [0.25, 0.3) is 11.4 Å². The molecule has 3 aromatic rings. The zero-order chi connectivity index (χ0) is 19.7. The summed E-state index contributed by atoms with van der Waals surface area (Å²) in [5.41, 5.74) is 3.83. The quantitative estimate of drug-likeness (QED) is 0.645. The molecule has 2 aromatic carbocycles. The molecule has 1 unspecified atom stereocenters. The van der Waals surface area contributed by atoms with E-state index in [1.807, 2.05) is 44.2 Å². The number of carbonyl (C=O) groups excluding carboxylic acids is 1. The van der Waals surface area contributed by atoms with Gasteiger partial charge in [0.25, 0.3) is 0 Å². The van der Waals surface area contributed by atoms with Gasteiger partial charge in [-0.3, -0.25) is 0 Å². The van der Waals surface area contributed by atoms with E-state index in [1.54, 1.807) is 17.0 Å². The van der Waals surface area contributed by atoms with Crippen molar-refractivity contribution in [2.45, 2.75) is 32.7 Å². The maximum Gasteiger partial charge on any atom is 0.322 e. The molecule has 1 saturated heterocycles. The highest BCUT2D eigenvalue weighted by Crippen LogP contribution is 2.33. The van der Waals surface area contributed by atoms with Crippen LogP contribution in [0.2, 0.25) is 5.02 Å². The standard InChI is InChI=1S/C21H21ClN4O2/c1-13-5-10-17(14(2)12-13)23-21(27)26-11-3-4-18(26)20-24-19(25-28-20)15-6-8-16(22)9-7-15/h5-10,12,18H,3-4,11H2,1-2H3,(H,23,27). The minimum atomic E-state index is -0.223. The third-order valence-electron chi connectivity index (χ3n) is 4.97. The Labute approximate surface area is 168 Å². The molecule has 28 heavy (non-hydrogen) atoms. The van der Waals surface area contributed by atoms with Gasteiger partial charge in [0.1, 0.15) is 6.04 Å². The number of halogens is 1. The summed E-state index contributed by atoms with van der Waals surface area (Å²) in [4.78, 5) is 19.1. The molecule has 1 atom stereocenters. The summed E-state index contributed by atoms with van der Waals surface area (Å²) in [6, 6.07) is 12.8. The zero-order valence-corrected chi connectivity index (χ0v) is 16.5. The Bertz CT molecular complexity index is 1000. The van der Waals surface area contributed by atoms with Crippen LogP contribution in [0.5, 0.6) is 0 Å². The average molecular weight is 397 g/mol. The SMILES string of the molecule is Cc1ccc(NC(=O)N2CCCC2c2nc(-c3ccc(Cl)cc3)no2)c(C)c1. The van der Waals surface area contributed by atoms with E-state index in [0.717, 1.165) is 35.2 Å². The fraction of sp³-hybridized carbons (Fsp3) is 0.286. The number of anilines is 1. The number of urea groups is 1. The first-order chi connectivity index (χ1) is 13.5. The molecular formula is C21H21ClN4O2. The molecule has 1 aliphatic heterocycles. The lowest BCUT2D eigenvalue weighted by Crippen LogP contribution is -2.34. The molecule has 0 saturated carbocycles. The maximum absolute atomic E-state index is 12.9. The van der Waals surface area contributed by atoms with Gasteiger partial charge >= 0.3 is 6.03 Å². The Hall–Kier alpha value is -2.86. The van der Waals surface area contributed by atoms with Gasteiger partial charge in [-0.15, -0.1) is 0 Å². The van der Waals surface area contributed by atoms with Gasteiger partial charge in [0.2, 0.25) is 11.7 Å². The smallest absolute Gasteiger partial charge is 0.322 e. The van der Waals surface area contributed by atoms with Crippen molar-refractivity contribution < 1.29 is 9.32 Å². The van der Waals surface area contributed by atoms with Crippen molar-refractivity contribution in [3.63, 3.8) is 0 Å². The van der Waals surface area contributed by atoms with Gasteiger partial charge < -0.3 is 14.7 Å². The summed E-state index contributed by atoms with van der Waals surface area (Å²) in [5.74, 6) is 0.950. The summed E-state index contributed by atoms with van der Waals surface area (Å²) in [6.07, 6.45) is 1.69. The van der Waals surface area contributed by atoms with Crippen LogP contribution in [0.4, 0.5) is 10.5 Å². The van der Waals surface area contributed by atoms with E-state index in [4.69, 9.17) is 16.1 Å². The number of amides is 2. The Morgan fingerprint density at radius 2 is 2.00 bits per heavy atom. The summed E-state index contributed by atoms with van der Waals surface area (Å²) in [5, 5.41) is 7.73. The Kier molecular flexibility index (Phi) is 5.05. The van der Waals surface area contributed by atoms with Gasteiger partial charge in [-0.25, -0.2) is 4.79 Å². The molecule has 1 aliphatic rings. The fourth-order valence-corrected chi connectivity index (χ4v) is 3.62. The number of benzene rings is 2. The lowest BCUT2D eigenvalue weighted by Gasteiger charge is -2.22. The topological polar surface area (TPSA) is 71.3 Å². The van der Waals surface area contributed by atoms with Crippen molar-refractivity contribution in [1.29, 1.82) is 0 Å². The number of likely N-dealkylation sites (tertiary alicyclic amines) is 1. The highest BCUT2D eigenvalue weighted by atomic mass is 35.5. The largest absolute Gasteiger partial charge is 0.337 e. The van der Waals surface area contributed by atoms with Gasteiger partial charge in [0.05, 0.1) is 0 Å². The van der Waals surface area contributed by atoms with Crippen LogP contribution in [0.3, 0.4) is 0 Å². The molecular weight excluding hydrogens is 376 g/mol. The molecule has 144 valence electrons. The molecule has 2 heterocycles. The molecule has 1 fully saturated rings. The number of hydrogen-bond donors (Lipinski definition) is 1.